The van der Waals surface area contributed by atoms with Gasteiger partial charge in [0.2, 0.25) is 5.88 Å². The Bertz CT molecular complexity index is 554. The third kappa shape index (κ3) is 3.10. The summed E-state index contributed by atoms with van der Waals surface area (Å²) in [6, 6.07) is 6.84. The number of halogens is 1. The zero-order valence-corrected chi connectivity index (χ0v) is 11.2. The molecule has 0 saturated carbocycles. The Balaban J connectivity index is 1.97. The molecule has 1 amide bonds. The van der Waals surface area contributed by atoms with Gasteiger partial charge in [0.05, 0.1) is 7.11 Å². The van der Waals surface area contributed by atoms with Crippen molar-refractivity contribution in [2.75, 3.05) is 7.11 Å². The fourth-order valence-electron chi connectivity index (χ4n) is 1.38. The zero-order valence-electron chi connectivity index (χ0n) is 9.64. The summed E-state index contributed by atoms with van der Waals surface area (Å²) in [4.78, 5) is 15.7. The molecule has 0 aliphatic rings. The molecular weight excluding hydrogens is 300 g/mol. The van der Waals surface area contributed by atoms with Crippen molar-refractivity contribution >= 4 is 21.8 Å². The van der Waals surface area contributed by atoms with E-state index < -0.39 is 0 Å². The SMILES string of the molecule is COc1cc(CNC(=O)c2ccc(Br)o2)ccn1. The number of nitrogens with one attached hydrogen (secondary N) is 1. The summed E-state index contributed by atoms with van der Waals surface area (Å²) in [7, 11) is 1.55. The number of pyridine rings is 1. The third-order valence-electron chi connectivity index (χ3n) is 2.26. The van der Waals surface area contributed by atoms with Crippen molar-refractivity contribution in [2.24, 2.45) is 0 Å². The minimum absolute atomic E-state index is 0.267. The highest BCUT2D eigenvalue weighted by Crippen LogP contribution is 2.14. The van der Waals surface area contributed by atoms with E-state index in [1.54, 1.807) is 37.6 Å². The van der Waals surface area contributed by atoms with E-state index in [-0.39, 0.29) is 11.7 Å². The predicted octanol–water partition coefficient (Wildman–Crippen LogP) is 2.38. The Hall–Kier alpha value is -1.82. The number of hydrogen-bond acceptors (Lipinski definition) is 4. The molecule has 0 aliphatic heterocycles. The molecule has 18 heavy (non-hydrogen) atoms. The van der Waals surface area contributed by atoms with Gasteiger partial charge in [-0.3, -0.25) is 4.79 Å². The first-order valence-electron chi connectivity index (χ1n) is 5.21. The fraction of sp³-hybridized carbons (Fsp3) is 0.167. The number of furan rings is 1. The van der Waals surface area contributed by atoms with Crippen molar-refractivity contribution < 1.29 is 13.9 Å². The standard InChI is InChI=1S/C12H11BrN2O3/c1-17-11-6-8(4-5-14-11)7-15-12(16)9-2-3-10(13)18-9/h2-6H,7H2,1H3,(H,15,16). The van der Waals surface area contributed by atoms with Crippen LogP contribution in [0.15, 0.2) is 39.5 Å². The lowest BCUT2D eigenvalue weighted by Crippen LogP contribution is -2.22. The van der Waals surface area contributed by atoms with E-state index in [0.717, 1.165) is 5.56 Å². The highest BCUT2D eigenvalue weighted by Gasteiger charge is 2.09. The smallest absolute Gasteiger partial charge is 0.287 e. The molecule has 2 aromatic rings. The van der Waals surface area contributed by atoms with Gasteiger partial charge in [-0.05, 0) is 39.7 Å². The van der Waals surface area contributed by atoms with Crippen molar-refractivity contribution in [2.45, 2.75) is 6.54 Å². The lowest BCUT2D eigenvalue weighted by Gasteiger charge is -2.04. The van der Waals surface area contributed by atoms with E-state index in [1.807, 2.05) is 0 Å². The largest absolute Gasteiger partial charge is 0.481 e. The summed E-state index contributed by atoms with van der Waals surface area (Å²) in [5.41, 5.74) is 0.904. The first-order chi connectivity index (χ1) is 8.69. The first-order valence-corrected chi connectivity index (χ1v) is 6.01. The Kier molecular flexibility index (Phi) is 3.99. The summed E-state index contributed by atoms with van der Waals surface area (Å²) in [5.74, 6) is 0.516. The van der Waals surface area contributed by atoms with Crippen molar-refractivity contribution in [1.82, 2.24) is 10.3 Å². The maximum absolute atomic E-state index is 11.7. The normalized spacial score (nSPS) is 10.1. The van der Waals surface area contributed by atoms with Gasteiger partial charge in [0.15, 0.2) is 10.4 Å². The first kappa shape index (κ1) is 12.6. The van der Waals surface area contributed by atoms with Gasteiger partial charge in [-0.15, -0.1) is 0 Å². The van der Waals surface area contributed by atoms with E-state index in [0.29, 0.717) is 17.1 Å². The second-order valence-electron chi connectivity index (χ2n) is 3.49. The van der Waals surface area contributed by atoms with Crippen molar-refractivity contribution in [3.8, 4) is 5.88 Å². The Morgan fingerprint density at radius 2 is 2.33 bits per heavy atom. The number of aromatic nitrogens is 1. The fourth-order valence-corrected chi connectivity index (χ4v) is 1.68. The molecule has 0 unspecified atom stereocenters. The second-order valence-corrected chi connectivity index (χ2v) is 4.27. The maximum Gasteiger partial charge on any atom is 0.287 e. The summed E-state index contributed by atoms with van der Waals surface area (Å²) in [6.45, 7) is 0.385. The second kappa shape index (κ2) is 5.68. The predicted molar refractivity (Wildman–Crippen MR) is 68.4 cm³/mol. The van der Waals surface area contributed by atoms with Crippen LogP contribution in [0.4, 0.5) is 0 Å². The summed E-state index contributed by atoms with van der Waals surface area (Å²) in [6.07, 6.45) is 1.63. The van der Waals surface area contributed by atoms with Crippen LogP contribution in [0.25, 0.3) is 0 Å². The highest BCUT2D eigenvalue weighted by atomic mass is 79.9. The van der Waals surface area contributed by atoms with Gasteiger partial charge in [-0.2, -0.15) is 0 Å². The highest BCUT2D eigenvalue weighted by molar-refractivity contribution is 9.10. The maximum atomic E-state index is 11.7. The number of rotatable bonds is 4. The zero-order chi connectivity index (χ0) is 13.0. The molecule has 0 atom stereocenters. The Labute approximate surface area is 112 Å². The van der Waals surface area contributed by atoms with E-state index in [9.17, 15) is 4.79 Å². The van der Waals surface area contributed by atoms with Gasteiger partial charge in [-0.1, -0.05) is 0 Å². The van der Waals surface area contributed by atoms with Crippen LogP contribution in [0.5, 0.6) is 5.88 Å². The third-order valence-corrected chi connectivity index (χ3v) is 2.68. The van der Waals surface area contributed by atoms with E-state index in [1.165, 1.54) is 0 Å². The number of amides is 1. The molecule has 2 heterocycles. The average molecular weight is 311 g/mol. The van der Waals surface area contributed by atoms with E-state index >= 15 is 0 Å². The van der Waals surface area contributed by atoms with Crippen molar-refractivity contribution in [3.05, 3.63) is 46.5 Å². The van der Waals surface area contributed by atoms with Crippen LogP contribution in [0, 0.1) is 0 Å². The van der Waals surface area contributed by atoms with E-state index in [4.69, 9.17) is 9.15 Å². The van der Waals surface area contributed by atoms with Gasteiger partial charge in [0, 0.05) is 18.8 Å². The molecule has 0 fully saturated rings. The van der Waals surface area contributed by atoms with Crippen molar-refractivity contribution in [3.63, 3.8) is 0 Å². The molecule has 5 nitrogen and oxygen atoms in total. The topological polar surface area (TPSA) is 64.4 Å². The van der Waals surface area contributed by atoms with Crippen LogP contribution in [-0.4, -0.2) is 18.0 Å². The van der Waals surface area contributed by atoms with Crippen LogP contribution in [0.2, 0.25) is 0 Å². The minimum atomic E-state index is -0.267. The molecular formula is C12H11BrN2O3. The lowest BCUT2D eigenvalue weighted by molar-refractivity contribution is 0.0922. The molecule has 0 bridgehead atoms. The molecule has 2 aromatic heterocycles. The number of nitrogens with zero attached hydrogens (tertiary/aromatic N) is 1. The quantitative estimate of drug-likeness (QED) is 0.941. The summed E-state index contributed by atoms with van der Waals surface area (Å²) >= 11 is 3.14. The molecule has 2 rings (SSSR count). The molecule has 6 heteroatoms. The summed E-state index contributed by atoms with van der Waals surface area (Å²) < 4.78 is 10.7. The Morgan fingerprint density at radius 1 is 1.50 bits per heavy atom. The van der Waals surface area contributed by atoms with E-state index in [2.05, 4.69) is 26.2 Å². The molecule has 0 aromatic carbocycles. The summed E-state index contributed by atoms with van der Waals surface area (Å²) in [5, 5.41) is 2.74. The van der Waals surface area contributed by atoms with Crippen LogP contribution < -0.4 is 10.1 Å². The van der Waals surface area contributed by atoms with Gasteiger partial charge in [0.25, 0.3) is 5.91 Å². The number of ether oxygens (including phenoxy) is 1. The van der Waals surface area contributed by atoms with Crippen LogP contribution in [0.1, 0.15) is 16.1 Å². The van der Waals surface area contributed by atoms with Crippen molar-refractivity contribution in [1.29, 1.82) is 0 Å². The molecule has 0 spiro atoms. The lowest BCUT2D eigenvalue weighted by atomic mass is 10.2. The Morgan fingerprint density at radius 3 is 3.00 bits per heavy atom. The van der Waals surface area contributed by atoms with Gasteiger partial charge in [-0.25, -0.2) is 4.98 Å². The molecule has 94 valence electrons. The van der Waals surface area contributed by atoms with Crippen LogP contribution in [0.3, 0.4) is 0 Å². The van der Waals surface area contributed by atoms with Gasteiger partial charge >= 0.3 is 0 Å². The number of hydrogen-bond donors (Lipinski definition) is 1. The molecule has 0 radical (unpaired) electrons. The van der Waals surface area contributed by atoms with Crippen LogP contribution >= 0.6 is 15.9 Å². The minimum Gasteiger partial charge on any atom is -0.481 e. The van der Waals surface area contributed by atoms with Gasteiger partial charge in [0.1, 0.15) is 0 Å². The molecule has 0 saturated heterocycles. The number of carbonyl (C=O) groups excluding carboxylic acids is 1. The monoisotopic (exact) mass is 310 g/mol. The van der Waals surface area contributed by atoms with Gasteiger partial charge < -0.3 is 14.5 Å². The average Bonchev–Trinajstić information content (AvgIpc) is 2.83. The number of carbonyl (C=O) groups is 1. The number of methoxy groups -OCH3 is 1. The van der Waals surface area contributed by atoms with Crippen LogP contribution in [-0.2, 0) is 6.54 Å². The molecule has 1 N–H and O–H groups in total. The molecule has 0 aliphatic carbocycles.